The van der Waals surface area contributed by atoms with Gasteiger partial charge in [-0.1, -0.05) is 28.1 Å². The Morgan fingerprint density at radius 1 is 1.29 bits per heavy atom. The molecule has 0 bridgehead atoms. The maximum Gasteiger partial charge on any atom is 0.123 e. The van der Waals surface area contributed by atoms with E-state index in [1.165, 1.54) is 12.1 Å². The quantitative estimate of drug-likeness (QED) is 0.793. The first-order valence-corrected chi connectivity index (χ1v) is 6.96. The summed E-state index contributed by atoms with van der Waals surface area (Å²) in [6.45, 7) is 1.53. The molecule has 1 fully saturated rings. The Labute approximate surface area is 109 Å². The van der Waals surface area contributed by atoms with Crippen molar-refractivity contribution in [1.82, 2.24) is 0 Å². The maximum atomic E-state index is 12.8. The van der Waals surface area contributed by atoms with Crippen molar-refractivity contribution in [3.63, 3.8) is 0 Å². The zero-order chi connectivity index (χ0) is 12.1. The summed E-state index contributed by atoms with van der Waals surface area (Å²) >= 11 is 3.45. The highest BCUT2D eigenvalue weighted by molar-refractivity contribution is 9.09. The van der Waals surface area contributed by atoms with Crippen LogP contribution < -0.4 is 0 Å². The van der Waals surface area contributed by atoms with E-state index >= 15 is 0 Å². The summed E-state index contributed by atoms with van der Waals surface area (Å²) in [4.78, 5) is 0. The molecule has 0 radical (unpaired) electrons. The lowest BCUT2D eigenvalue weighted by Gasteiger charge is -2.27. The minimum Gasteiger partial charge on any atom is -0.381 e. The highest BCUT2D eigenvalue weighted by Gasteiger charge is 2.20. The second-order valence-electron chi connectivity index (χ2n) is 4.14. The molecule has 1 aromatic carbocycles. The molecule has 2 rings (SSSR count). The fourth-order valence-electron chi connectivity index (χ4n) is 1.93. The molecule has 1 heterocycles. The van der Waals surface area contributed by atoms with Crippen molar-refractivity contribution in [1.29, 1.82) is 0 Å². The molecule has 94 valence electrons. The normalized spacial score (nSPS) is 19.2. The smallest absolute Gasteiger partial charge is 0.123 e. The third-order valence-electron chi connectivity index (χ3n) is 2.91. The number of halogens is 2. The van der Waals surface area contributed by atoms with Crippen LogP contribution in [0.3, 0.4) is 0 Å². The third-order valence-corrected chi connectivity index (χ3v) is 3.50. The highest BCUT2D eigenvalue weighted by atomic mass is 79.9. The lowest BCUT2D eigenvalue weighted by molar-refractivity contribution is -0.0616. The zero-order valence-corrected chi connectivity index (χ0v) is 11.2. The van der Waals surface area contributed by atoms with Crippen LogP contribution in [0.25, 0.3) is 0 Å². The molecule has 1 unspecified atom stereocenters. The van der Waals surface area contributed by atoms with Crippen LogP contribution >= 0.6 is 15.9 Å². The molecule has 0 amide bonds. The fourth-order valence-corrected chi connectivity index (χ4v) is 2.45. The summed E-state index contributed by atoms with van der Waals surface area (Å²) in [6.07, 6.45) is 2.10. The summed E-state index contributed by atoms with van der Waals surface area (Å²) in [7, 11) is 0. The van der Waals surface area contributed by atoms with E-state index < -0.39 is 0 Å². The average molecular weight is 303 g/mol. The van der Waals surface area contributed by atoms with E-state index in [1.807, 2.05) is 0 Å². The van der Waals surface area contributed by atoms with E-state index in [1.54, 1.807) is 12.1 Å². The number of hydrogen-bond donors (Lipinski definition) is 0. The molecule has 0 saturated carbocycles. The predicted octanol–water partition coefficient (Wildman–Crippen LogP) is 3.46. The largest absolute Gasteiger partial charge is 0.381 e. The monoisotopic (exact) mass is 302 g/mol. The Morgan fingerprint density at radius 2 is 1.94 bits per heavy atom. The third kappa shape index (κ3) is 3.76. The molecule has 4 heteroatoms. The topological polar surface area (TPSA) is 18.5 Å². The molecule has 2 nitrogen and oxygen atoms in total. The summed E-state index contributed by atoms with van der Waals surface area (Å²) in [6, 6.07) is 6.50. The van der Waals surface area contributed by atoms with Gasteiger partial charge in [-0.3, -0.25) is 0 Å². The second-order valence-corrected chi connectivity index (χ2v) is 4.79. The first-order valence-electron chi connectivity index (χ1n) is 5.84. The van der Waals surface area contributed by atoms with E-state index in [0.29, 0.717) is 0 Å². The van der Waals surface area contributed by atoms with Crippen LogP contribution in [0.1, 0.15) is 24.5 Å². The fraction of sp³-hybridized carbons (Fsp3) is 0.538. The molecule has 1 atom stereocenters. The zero-order valence-electron chi connectivity index (χ0n) is 9.57. The lowest BCUT2D eigenvalue weighted by atomic mass is 10.1. The molecular formula is C13H16BrFO2. The minimum atomic E-state index is -0.215. The van der Waals surface area contributed by atoms with Gasteiger partial charge in [0.15, 0.2) is 0 Å². The van der Waals surface area contributed by atoms with Crippen LogP contribution in [0.5, 0.6) is 0 Å². The van der Waals surface area contributed by atoms with Gasteiger partial charge < -0.3 is 9.47 Å². The molecular weight excluding hydrogens is 287 g/mol. The molecule has 0 aromatic heterocycles. The van der Waals surface area contributed by atoms with E-state index in [0.717, 1.165) is 36.9 Å². The molecule has 1 aliphatic rings. The van der Waals surface area contributed by atoms with Crippen molar-refractivity contribution in [2.24, 2.45) is 0 Å². The molecule has 17 heavy (non-hydrogen) atoms. The Hall–Kier alpha value is -0.450. The maximum absolute atomic E-state index is 12.8. The van der Waals surface area contributed by atoms with Gasteiger partial charge in [-0.2, -0.15) is 0 Å². The van der Waals surface area contributed by atoms with Gasteiger partial charge in [-0.25, -0.2) is 4.39 Å². The number of rotatable bonds is 4. The minimum absolute atomic E-state index is 0.0151. The summed E-state index contributed by atoms with van der Waals surface area (Å²) in [5.41, 5.74) is 1.01. The van der Waals surface area contributed by atoms with E-state index in [-0.39, 0.29) is 18.0 Å². The molecule has 1 aliphatic heterocycles. The van der Waals surface area contributed by atoms with Crippen molar-refractivity contribution in [3.8, 4) is 0 Å². The van der Waals surface area contributed by atoms with Crippen molar-refractivity contribution in [2.45, 2.75) is 25.0 Å². The van der Waals surface area contributed by atoms with Crippen molar-refractivity contribution in [2.75, 3.05) is 18.5 Å². The Balaban J connectivity index is 1.97. The van der Waals surface area contributed by atoms with Crippen LogP contribution in [-0.2, 0) is 9.47 Å². The first-order chi connectivity index (χ1) is 8.29. The Bertz CT molecular complexity index is 336. The van der Waals surface area contributed by atoms with Gasteiger partial charge in [0, 0.05) is 18.5 Å². The highest BCUT2D eigenvalue weighted by Crippen LogP contribution is 2.25. The van der Waals surface area contributed by atoms with Gasteiger partial charge in [0.25, 0.3) is 0 Å². The molecule has 1 aromatic rings. The first kappa shape index (κ1) is 13.0. The van der Waals surface area contributed by atoms with Crippen LogP contribution in [0.4, 0.5) is 4.39 Å². The van der Waals surface area contributed by atoms with Gasteiger partial charge in [0.1, 0.15) is 5.82 Å². The van der Waals surface area contributed by atoms with E-state index in [4.69, 9.17) is 9.47 Å². The molecule has 0 N–H and O–H groups in total. The molecule has 1 saturated heterocycles. The summed E-state index contributed by atoms with van der Waals surface area (Å²) in [5, 5.41) is 0.718. The van der Waals surface area contributed by atoms with Crippen LogP contribution in [0.2, 0.25) is 0 Å². The van der Waals surface area contributed by atoms with Gasteiger partial charge >= 0.3 is 0 Å². The number of ether oxygens (including phenoxy) is 2. The van der Waals surface area contributed by atoms with Crippen LogP contribution in [-0.4, -0.2) is 24.6 Å². The number of hydrogen-bond acceptors (Lipinski definition) is 2. The molecule has 0 aliphatic carbocycles. The summed E-state index contributed by atoms with van der Waals surface area (Å²) < 4.78 is 24.2. The van der Waals surface area contributed by atoms with Crippen LogP contribution in [0.15, 0.2) is 24.3 Å². The van der Waals surface area contributed by atoms with Gasteiger partial charge in [-0.05, 0) is 30.5 Å². The van der Waals surface area contributed by atoms with E-state index in [9.17, 15) is 4.39 Å². The second kappa shape index (κ2) is 6.47. The number of alkyl halides is 1. The molecule has 0 spiro atoms. The van der Waals surface area contributed by atoms with Gasteiger partial charge in [0.05, 0.1) is 12.2 Å². The SMILES string of the molecule is Fc1ccc(C(CBr)OC2CCOCC2)cc1. The van der Waals surface area contributed by atoms with Gasteiger partial charge in [0.2, 0.25) is 0 Å². The summed E-state index contributed by atoms with van der Waals surface area (Å²) in [5.74, 6) is -0.215. The standard InChI is InChI=1S/C13H16BrFO2/c14-9-13(10-1-3-11(15)4-2-10)17-12-5-7-16-8-6-12/h1-4,12-13H,5-9H2. The van der Waals surface area contributed by atoms with Gasteiger partial charge in [-0.15, -0.1) is 0 Å². The van der Waals surface area contributed by atoms with Crippen molar-refractivity contribution in [3.05, 3.63) is 35.6 Å². The number of benzene rings is 1. The van der Waals surface area contributed by atoms with Crippen LogP contribution in [0, 0.1) is 5.82 Å². The predicted molar refractivity (Wildman–Crippen MR) is 67.9 cm³/mol. The Kier molecular flexibility index (Phi) is 4.95. The average Bonchev–Trinajstić information content (AvgIpc) is 2.38. The van der Waals surface area contributed by atoms with Crippen molar-refractivity contribution >= 4 is 15.9 Å². The van der Waals surface area contributed by atoms with E-state index in [2.05, 4.69) is 15.9 Å². The Morgan fingerprint density at radius 3 is 2.53 bits per heavy atom. The van der Waals surface area contributed by atoms with Crippen molar-refractivity contribution < 1.29 is 13.9 Å². The lowest BCUT2D eigenvalue weighted by Crippen LogP contribution is -2.25.